The first kappa shape index (κ1) is 13.9. The fraction of sp³-hybridized carbons (Fsp3) is 0.400. The SMILES string of the molecule is Cc1cc(F)c(S(=O)(=O)NCC(C)O)cc1N. The van der Waals surface area contributed by atoms with Crippen molar-refractivity contribution >= 4 is 15.7 Å². The number of sulfonamides is 1. The molecule has 0 saturated heterocycles. The maximum absolute atomic E-state index is 13.5. The van der Waals surface area contributed by atoms with Crippen molar-refractivity contribution in [3.05, 3.63) is 23.5 Å². The maximum atomic E-state index is 13.5. The number of nitrogens with two attached hydrogens (primary N) is 1. The molecule has 1 aromatic rings. The number of halogens is 1. The van der Waals surface area contributed by atoms with Gasteiger partial charge in [-0.3, -0.25) is 0 Å². The molecule has 0 amide bonds. The van der Waals surface area contributed by atoms with E-state index in [1.54, 1.807) is 6.92 Å². The lowest BCUT2D eigenvalue weighted by Gasteiger charge is -2.10. The molecule has 17 heavy (non-hydrogen) atoms. The van der Waals surface area contributed by atoms with Crippen molar-refractivity contribution in [2.75, 3.05) is 12.3 Å². The van der Waals surface area contributed by atoms with Crippen LogP contribution in [0.15, 0.2) is 17.0 Å². The summed E-state index contributed by atoms with van der Waals surface area (Å²) in [4.78, 5) is -0.513. The molecule has 1 atom stereocenters. The predicted octanol–water partition coefficient (Wildman–Crippen LogP) is 0.375. The minimum atomic E-state index is -3.99. The molecule has 0 saturated carbocycles. The number of aryl methyl sites for hydroxylation is 1. The molecule has 0 heterocycles. The number of benzene rings is 1. The van der Waals surface area contributed by atoms with Gasteiger partial charge in [0.05, 0.1) is 6.10 Å². The third-order valence-electron chi connectivity index (χ3n) is 2.18. The summed E-state index contributed by atoms with van der Waals surface area (Å²) in [6.07, 6.45) is -0.851. The van der Waals surface area contributed by atoms with E-state index in [2.05, 4.69) is 4.72 Å². The Morgan fingerprint density at radius 2 is 2.12 bits per heavy atom. The van der Waals surface area contributed by atoms with E-state index in [-0.39, 0.29) is 12.2 Å². The topological polar surface area (TPSA) is 92.4 Å². The number of nitrogens with one attached hydrogen (secondary N) is 1. The number of aliphatic hydroxyl groups is 1. The zero-order chi connectivity index (χ0) is 13.2. The highest BCUT2D eigenvalue weighted by molar-refractivity contribution is 7.89. The summed E-state index contributed by atoms with van der Waals surface area (Å²) in [5.41, 5.74) is 6.20. The molecule has 5 nitrogen and oxygen atoms in total. The highest BCUT2D eigenvalue weighted by Gasteiger charge is 2.20. The van der Waals surface area contributed by atoms with Crippen LogP contribution >= 0.6 is 0 Å². The zero-order valence-electron chi connectivity index (χ0n) is 9.57. The van der Waals surface area contributed by atoms with Crippen molar-refractivity contribution in [1.29, 1.82) is 0 Å². The largest absolute Gasteiger partial charge is 0.398 e. The molecule has 0 aliphatic heterocycles. The van der Waals surface area contributed by atoms with E-state index in [1.807, 2.05) is 0 Å². The van der Waals surface area contributed by atoms with Crippen LogP contribution in [0, 0.1) is 12.7 Å². The molecule has 0 bridgehead atoms. The number of rotatable bonds is 4. The highest BCUT2D eigenvalue weighted by Crippen LogP contribution is 2.21. The van der Waals surface area contributed by atoms with Crippen LogP contribution in [0.4, 0.5) is 10.1 Å². The Balaban J connectivity index is 3.11. The van der Waals surface area contributed by atoms with Crippen LogP contribution in [0.25, 0.3) is 0 Å². The number of aliphatic hydroxyl groups excluding tert-OH is 1. The Kier molecular flexibility index (Phi) is 4.07. The van der Waals surface area contributed by atoms with Gasteiger partial charge in [-0.25, -0.2) is 17.5 Å². The van der Waals surface area contributed by atoms with E-state index < -0.39 is 26.8 Å². The third-order valence-corrected chi connectivity index (χ3v) is 3.62. The molecular formula is C10H15FN2O3S. The van der Waals surface area contributed by atoms with Gasteiger partial charge in [0.15, 0.2) is 0 Å². The van der Waals surface area contributed by atoms with Crippen LogP contribution in [-0.2, 0) is 10.0 Å². The summed E-state index contributed by atoms with van der Waals surface area (Å²) in [6.45, 7) is 2.82. The number of hydrogen-bond donors (Lipinski definition) is 3. The minimum Gasteiger partial charge on any atom is -0.398 e. The van der Waals surface area contributed by atoms with Crippen molar-refractivity contribution in [2.24, 2.45) is 0 Å². The Morgan fingerprint density at radius 3 is 2.65 bits per heavy atom. The van der Waals surface area contributed by atoms with E-state index in [0.717, 1.165) is 12.1 Å². The summed E-state index contributed by atoms with van der Waals surface area (Å²) in [6, 6.07) is 2.13. The summed E-state index contributed by atoms with van der Waals surface area (Å²) in [5.74, 6) is -0.866. The van der Waals surface area contributed by atoms with E-state index in [1.165, 1.54) is 6.92 Å². The second-order valence-corrected chi connectivity index (χ2v) is 5.58. The summed E-state index contributed by atoms with van der Waals surface area (Å²) in [7, 11) is -3.99. The van der Waals surface area contributed by atoms with Gasteiger partial charge in [-0.05, 0) is 31.5 Å². The van der Waals surface area contributed by atoms with Crippen LogP contribution in [0.1, 0.15) is 12.5 Å². The van der Waals surface area contributed by atoms with Crippen molar-refractivity contribution in [3.63, 3.8) is 0 Å². The molecule has 0 aliphatic rings. The van der Waals surface area contributed by atoms with Crippen molar-refractivity contribution in [3.8, 4) is 0 Å². The van der Waals surface area contributed by atoms with Gasteiger partial charge < -0.3 is 10.8 Å². The van der Waals surface area contributed by atoms with Crippen LogP contribution in [0.5, 0.6) is 0 Å². The average Bonchev–Trinajstić information content (AvgIpc) is 2.20. The molecule has 1 aromatic carbocycles. The molecule has 1 rings (SSSR count). The molecule has 0 aliphatic carbocycles. The van der Waals surface area contributed by atoms with E-state index >= 15 is 0 Å². The lowest BCUT2D eigenvalue weighted by Crippen LogP contribution is -2.31. The third kappa shape index (κ3) is 3.39. The summed E-state index contributed by atoms with van der Waals surface area (Å²) in [5, 5.41) is 8.99. The quantitative estimate of drug-likeness (QED) is 0.684. The van der Waals surface area contributed by atoms with Crippen LogP contribution < -0.4 is 10.5 Å². The molecule has 1 unspecified atom stereocenters. The van der Waals surface area contributed by atoms with Crippen molar-refractivity contribution < 1.29 is 17.9 Å². The Bertz CT molecular complexity index is 515. The molecule has 4 N–H and O–H groups in total. The minimum absolute atomic E-state index is 0.185. The molecule has 0 aromatic heterocycles. The molecule has 0 fully saturated rings. The fourth-order valence-electron chi connectivity index (χ4n) is 1.18. The second kappa shape index (κ2) is 4.99. The summed E-state index contributed by atoms with van der Waals surface area (Å²) >= 11 is 0. The first-order chi connectivity index (χ1) is 7.74. The van der Waals surface area contributed by atoms with Crippen LogP contribution in [0.3, 0.4) is 0 Å². The highest BCUT2D eigenvalue weighted by atomic mass is 32.2. The fourth-order valence-corrected chi connectivity index (χ4v) is 2.40. The van der Waals surface area contributed by atoms with Gasteiger partial charge in [-0.1, -0.05) is 0 Å². The van der Waals surface area contributed by atoms with Crippen LogP contribution in [-0.4, -0.2) is 26.2 Å². The lowest BCUT2D eigenvalue weighted by atomic mass is 10.2. The monoisotopic (exact) mass is 262 g/mol. The standard InChI is InChI=1S/C10H15FN2O3S/c1-6-3-8(11)10(4-9(6)12)17(15,16)13-5-7(2)14/h3-4,7,13-14H,5,12H2,1-2H3. The van der Waals surface area contributed by atoms with Crippen molar-refractivity contribution in [2.45, 2.75) is 24.8 Å². The predicted molar refractivity (Wildman–Crippen MR) is 62.4 cm³/mol. The Morgan fingerprint density at radius 1 is 1.53 bits per heavy atom. The van der Waals surface area contributed by atoms with E-state index in [9.17, 15) is 12.8 Å². The smallest absolute Gasteiger partial charge is 0.243 e. The summed E-state index contributed by atoms with van der Waals surface area (Å²) < 4.78 is 39.0. The number of hydrogen-bond acceptors (Lipinski definition) is 4. The van der Waals surface area contributed by atoms with E-state index in [4.69, 9.17) is 10.8 Å². The second-order valence-electron chi connectivity index (χ2n) is 3.84. The molecular weight excluding hydrogens is 247 g/mol. The molecule has 0 radical (unpaired) electrons. The first-order valence-corrected chi connectivity index (χ1v) is 6.45. The lowest BCUT2D eigenvalue weighted by molar-refractivity contribution is 0.198. The molecule has 7 heteroatoms. The molecule has 0 spiro atoms. The normalized spacial score (nSPS) is 13.6. The number of anilines is 1. The van der Waals surface area contributed by atoms with Gasteiger partial charge in [-0.15, -0.1) is 0 Å². The number of nitrogen functional groups attached to an aromatic ring is 1. The van der Waals surface area contributed by atoms with Gasteiger partial charge in [0.1, 0.15) is 10.7 Å². The zero-order valence-corrected chi connectivity index (χ0v) is 10.4. The Hall–Kier alpha value is -1.18. The van der Waals surface area contributed by atoms with Gasteiger partial charge in [0.2, 0.25) is 10.0 Å². The van der Waals surface area contributed by atoms with E-state index in [0.29, 0.717) is 5.56 Å². The average molecular weight is 262 g/mol. The van der Waals surface area contributed by atoms with Crippen LogP contribution in [0.2, 0.25) is 0 Å². The maximum Gasteiger partial charge on any atom is 0.243 e. The van der Waals surface area contributed by atoms with Gasteiger partial charge >= 0.3 is 0 Å². The van der Waals surface area contributed by atoms with Gasteiger partial charge in [0.25, 0.3) is 0 Å². The Labute approximate surface area is 99.5 Å². The van der Waals surface area contributed by atoms with Gasteiger partial charge in [0, 0.05) is 12.2 Å². The molecule has 96 valence electrons. The van der Waals surface area contributed by atoms with Gasteiger partial charge in [-0.2, -0.15) is 0 Å². The first-order valence-electron chi connectivity index (χ1n) is 4.97. The van der Waals surface area contributed by atoms with Crippen molar-refractivity contribution in [1.82, 2.24) is 4.72 Å².